The van der Waals surface area contributed by atoms with Gasteiger partial charge in [-0.15, -0.1) is 0 Å². The third-order valence-electron chi connectivity index (χ3n) is 5.64. The highest BCUT2D eigenvalue weighted by atomic mass is 16.2. The van der Waals surface area contributed by atoms with Gasteiger partial charge >= 0.3 is 0 Å². The number of rotatable bonds is 3. The highest BCUT2D eigenvalue weighted by Crippen LogP contribution is 2.48. The third-order valence-corrected chi connectivity index (χ3v) is 5.64. The minimum absolute atomic E-state index is 0.178. The van der Waals surface area contributed by atoms with Gasteiger partial charge in [0, 0.05) is 25.0 Å². The molecular weight excluding hydrogens is 308 g/mol. The number of hydrogen-bond acceptors (Lipinski definition) is 2. The Bertz CT molecular complexity index is 725. The van der Waals surface area contributed by atoms with Gasteiger partial charge in [-0.2, -0.15) is 0 Å². The van der Waals surface area contributed by atoms with Crippen molar-refractivity contribution < 1.29 is 4.79 Å². The predicted octanol–water partition coefficient (Wildman–Crippen LogP) is 3.80. The first-order valence-corrected chi connectivity index (χ1v) is 9.42. The second-order valence-corrected chi connectivity index (χ2v) is 7.45. The Balaban J connectivity index is 1.40. The van der Waals surface area contributed by atoms with Crippen molar-refractivity contribution in [3.05, 3.63) is 60.2 Å². The lowest BCUT2D eigenvalue weighted by Crippen LogP contribution is -2.34. The molecule has 1 aliphatic heterocycles. The van der Waals surface area contributed by atoms with E-state index in [-0.39, 0.29) is 12.0 Å². The molecule has 1 amide bonds. The van der Waals surface area contributed by atoms with Gasteiger partial charge in [-0.05, 0) is 48.3 Å². The van der Waals surface area contributed by atoms with E-state index in [9.17, 15) is 4.79 Å². The van der Waals surface area contributed by atoms with Crippen molar-refractivity contribution in [2.75, 3.05) is 13.1 Å². The van der Waals surface area contributed by atoms with Gasteiger partial charge in [0.05, 0.1) is 0 Å². The molecule has 2 fully saturated rings. The van der Waals surface area contributed by atoms with E-state index in [2.05, 4.69) is 53.4 Å². The lowest BCUT2D eigenvalue weighted by Gasteiger charge is -2.20. The molecule has 2 aromatic carbocycles. The Hall–Kier alpha value is -2.13. The van der Waals surface area contributed by atoms with Gasteiger partial charge in [0.2, 0.25) is 5.91 Å². The van der Waals surface area contributed by atoms with Crippen LogP contribution in [0.4, 0.5) is 0 Å². The number of benzene rings is 2. The van der Waals surface area contributed by atoms with Crippen molar-refractivity contribution in [1.29, 1.82) is 0 Å². The Kier molecular flexibility index (Phi) is 4.58. The summed E-state index contributed by atoms with van der Waals surface area (Å²) >= 11 is 0. The second kappa shape index (κ2) is 7.01. The molecule has 1 saturated heterocycles. The van der Waals surface area contributed by atoms with Crippen LogP contribution in [0.3, 0.4) is 0 Å². The number of nitrogens with two attached hydrogens (primary N) is 1. The summed E-state index contributed by atoms with van der Waals surface area (Å²) in [6, 6.07) is 19.4. The van der Waals surface area contributed by atoms with Crippen LogP contribution in [0.25, 0.3) is 11.1 Å². The maximum Gasteiger partial charge on any atom is 0.226 e. The lowest BCUT2D eigenvalue weighted by molar-refractivity contribution is -0.132. The minimum atomic E-state index is 0.178. The molecule has 1 aliphatic carbocycles. The SMILES string of the molecule is NC1CCCN(C(=O)C2CC2c2ccc(-c3ccccc3)cc2)CC1. The Morgan fingerprint density at radius 2 is 1.64 bits per heavy atom. The summed E-state index contributed by atoms with van der Waals surface area (Å²) in [6.07, 6.45) is 4.01. The second-order valence-electron chi connectivity index (χ2n) is 7.45. The molecule has 3 atom stereocenters. The molecule has 2 aromatic rings. The van der Waals surface area contributed by atoms with Crippen LogP contribution < -0.4 is 5.73 Å². The first-order chi connectivity index (χ1) is 12.2. The number of hydrogen-bond donors (Lipinski definition) is 1. The normalized spacial score (nSPS) is 26.1. The summed E-state index contributed by atoms with van der Waals surface area (Å²) in [5.41, 5.74) is 9.79. The van der Waals surface area contributed by atoms with Crippen LogP contribution in [-0.2, 0) is 4.79 Å². The first kappa shape index (κ1) is 16.3. The Morgan fingerprint density at radius 3 is 2.40 bits per heavy atom. The monoisotopic (exact) mass is 334 g/mol. The summed E-state index contributed by atoms with van der Waals surface area (Å²) < 4.78 is 0. The molecule has 0 spiro atoms. The van der Waals surface area contributed by atoms with Crippen LogP contribution >= 0.6 is 0 Å². The van der Waals surface area contributed by atoms with E-state index in [4.69, 9.17) is 5.73 Å². The Labute approximate surface area is 149 Å². The molecule has 4 rings (SSSR count). The summed E-state index contributed by atoms with van der Waals surface area (Å²) in [4.78, 5) is 14.8. The first-order valence-electron chi connectivity index (χ1n) is 9.42. The summed E-state index contributed by atoms with van der Waals surface area (Å²) in [6.45, 7) is 1.71. The number of amides is 1. The van der Waals surface area contributed by atoms with Crippen molar-refractivity contribution in [2.45, 2.75) is 37.6 Å². The summed E-state index contributed by atoms with van der Waals surface area (Å²) in [7, 11) is 0. The van der Waals surface area contributed by atoms with Gasteiger partial charge in [-0.1, -0.05) is 54.6 Å². The standard InChI is InChI=1S/C22H26N2O/c23-19-7-4-13-24(14-12-19)22(25)21-15-20(21)18-10-8-17(9-11-18)16-5-2-1-3-6-16/h1-3,5-6,8-11,19-21H,4,7,12-15,23H2. The van der Waals surface area contributed by atoms with Crippen molar-refractivity contribution in [3.63, 3.8) is 0 Å². The quantitative estimate of drug-likeness (QED) is 0.928. The molecule has 3 unspecified atom stereocenters. The zero-order valence-corrected chi connectivity index (χ0v) is 14.6. The molecule has 0 bridgehead atoms. The molecule has 0 radical (unpaired) electrons. The maximum absolute atomic E-state index is 12.8. The van der Waals surface area contributed by atoms with Gasteiger partial charge in [-0.25, -0.2) is 0 Å². The van der Waals surface area contributed by atoms with Crippen molar-refractivity contribution in [2.24, 2.45) is 11.7 Å². The van der Waals surface area contributed by atoms with E-state index in [1.165, 1.54) is 16.7 Å². The van der Waals surface area contributed by atoms with E-state index in [1.54, 1.807) is 0 Å². The van der Waals surface area contributed by atoms with Crippen LogP contribution in [0.5, 0.6) is 0 Å². The molecule has 1 saturated carbocycles. The maximum atomic E-state index is 12.8. The highest BCUT2D eigenvalue weighted by Gasteiger charge is 2.45. The molecule has 0 aromatic heterocycles. The van der Waals surface area contributed by atoms with Gasteiger partial charge in [0.1, 0.15) is 0 Å². The van der Waals surface area contributed by atoms with Gasteiger partial charge < -0.3 is 10.6 Å². The van der Waals surface area contributed by atoms with Crippen LogP contribution in [0.15, 0.2) is 54.6 Å². The van der Waals surface area contributed by atoms with Gasteiger partial charge in [0.25, 0.3) is 0 Å². The van der Waals surface area contributed by atoms with Crippen LogP contribution in [0.2, 0.25) is 0 Å². The van der Waals surface area contributed by atoms with Crippen LogP contribution in [0, 0.1) is 5.92 Å². The van der Waals surface area contributed by atoms with Gasteiger partial charge in [0.15, 0.2) is 0 Å². The average Bonchev–Trinajstić information content (AvgIpc) is 3.47. The van der Waals surface area contributed by atoms with E-state index in [0.29, 0.717) is 11.8 Å². The van der Waals surface area contributed by atoms with Crippen molar-refractivity contribution in [1.82, 2.24) is 4.90 Å². The molecule has 25 heavy (non-hydrogen) atoms. The molecule has 130 valence electrons. The number of carbonyl (C=O) groups excluding carboxylic acids is 1. The number of likely N-dealkylation sites (tertiary alicyclic amines) is 1. The van der Waals surface area contributed by atoms with Crippen molar-refractivity contribution in [3.8, 4) is 11.1 Å². The molecular formula is C22H26N2O. The van der Waals surface area contributed by atoms with E-state index >= 15 is 0 Å². The fraction of sp³-hybridized carbons (Fsp3) is 0.409. The summed E-state index contributed by atoms with van der Waals surface area (Å²) in [5.74, 6) is 0.914. The number of nitrogens with zero attached hydrogens (tertiary/aromatic N) is 1. The average molecular weight is 334 g/mol. The molecule has 3 heteroatoms. The third kappa shape index (κ3) is 3.62. The van der Waals surface area contributed by atoms with Crippen molar-refractivity contribution >= 4 is 5.91 Å². The van der Waals surface area contributed by atoms with Crippen LogP contribution in [0.1, 0.15) is 37.2 Å². The number of carbonyl (C=O) groups is 1. The largest absolute Gasteiger partial charge is 0.342 e. The molecule has 1 heterocycles. The molecule has 2 N–H and O–H groups in total. The Morgan fingerprint density at radius 1 is 0.920 bits per heavy atom. The topological polar surface area (TPSA) is 46.3 Å². The van der Waals surface area contributed by atoms with E-state index in [0.717, 1.165) is 38.8 Å². The van der Waals surface area contributed by atoms with Gasteiger partial charge in [-0.3, -0.25) is 4.79 Å². The minimum Gasteiger partial charge on any atom is -0.342 e. The predicted molar refractivity (Wildman–Crippen MR) is 101 cm³/mol. The van der Waals surface area contributed by atoms with E-state index in [1.807, 2.05) is 6.07 Å². The highest BCUT2D eigenvalue weighted by molar-refractivity contribution is 5.83. The fourth-order valence-electron chi connectivity index (χ4n) is 3.97. The molecule has 2 aliphatic rings. The van der Waals surface area contributed by atoms with Crippen LogP contribution in [-0.4, -0.2) is 29.9 Å². The van der Waals surface area contributed by atoms with E-state index < -0.39 is 0 Å². The zero-order chi connectivity index (χ0) is 17.2. The smallest absolute Gasteiger partial charge is 0.226 e. The zero-order valence-electron chi connectivity index (χ0n) is 14.6. The summed E-state index contributed by atoms with van der Waals surface area (Å²) in [5, 5.41) is 0. The fourth-order valence-corrected chi connectivity index (χ4v) is 3.97. The molecule has 3 nitrogen and oxygen atoms in total. The lowest BCUT2D eigenvalue weighted by atomic mass is 10.0.